The van der Waals surface area contributed by atoms with Gasteiger partial charge in [0.05, 0.1) is 12.7 Å². The van der Waals surface area contributed by atoms with Gasteiger partial charge in [0.1, 0.15) is 0 Å². The lowest BCUT2D eigenvalue weighted by molar-refractivity contribution is -0.129. The molecular weight excluding hydrogens is 200 g/mol. The predicted molar refractivity (Wildman–Crippen MR) is 65.0 cm³/mol. The fourth-order valence-corrected chi connectivity index (χ4v) is 3.12. The summed E-state index contributed by atoms with van der Waals surface area (Å²) in [5.41, 5.74) is 0.383. The summed E-state index contributed by atoms with van der Waals surface area (Å²) >= 11 is 0. The molecule has 1 saturated carbocycles. The van der Waals surface area contributed by atoms with Crippen LogP contribution >= 0.6 is 0 Å². The van der Waals surface area contributed by atoms with Gasteiger partial charge in [-0.25, -0.2) is 0 Å². The van der Waals surface area contributed by atoms with Crippen molar-refractivity contribution in [2.24, 2.45) is 5.41 Å². The molecule has 3 heteroatoms. The van der Waals surface area contributed by atoms with E-state index in [1.54, 1.807) is 0 Å². The summed E-state index contributed by atoms with van der Waals surface area (Å²) in [6, 6.07) is 0. The van der Waals surface area contributed by atoms with E-state index in [0.29, 0.717) is 24.0 Å². The first kappa shape index (κ1) is 11.9. The molecule has 0 bridgehead atoms. The molecule has 1 aliphatic heterocycles. The number of nitrogens with zero attached hydrogens (tertiary/aromatic N) is 1. The van der Waals surface area contributed by atoms with Gasteiger partial charge in [-0.2, -0.15) is 0 Å². The largest absolute Gasteiger partial charge is 0.326 e. The predicted octanol–water partition coefficient (Wildman–Crippen LogP) is 2.12. The molecule has 0 spiro atoms. The van der Waals surface area contributed by atoms with Gasteiger partial charge in [-0.1, -0.05) is 33.1 Å². The molecule has 3 nitrogen and oxygen atoms in total. The van der Waals surface area contributed by atoms with Crippen LogP contribution < -0.4 is 5.32 Å². The van der Waals surface area contributed by atoms with Crippen LogP contribution in [0.1, 0.15) is 52.4 Å². The van der Waals surface area contributed by atoms with Gasteiger partial charge < -0.3 is 4.90 Å². The van der Waals surface area contributed by atoms with E-state index in [2.05, 4.69) is 24.1 Å². The molecule has 0 aromatic rings. The van der Waals surface area contributed by atoms with Gasteiger partial charge in [0.25, 0.3) is 0 Å². The molecule has 1 aliphatic carbocycles. The van der Waals surface area contributed by atoms with E-state index in [1.807, 2.05) is 0 Å². The molecule has 1 N–H and O–H groups in total. The summed E-state index contributed by atoms with van der Waals surface area (Å²) in [5, 5.41) is 3.32. The van der Waals surface area contributed by atoms with Crippen LogP contribution in [0.4, 0.5) is 0 Å². The van der Waals surface area contributed by atoms with Crippen LogP contribution in [-0.2, 0) is 4.79 Å². The quantitative estimate of drug-likeness (QED) is 0.793. The van der Waals surface area contributed by atoms with Crippen molar-refractivity contribution in [1.29, 1.82) is 0 Å². The van der Waals surface area contributed by atoms with Crippen molar-refractivity contribution in [2.45, 2.75) is 58.5 Å². The average molecular weight is 224 g/mol. The van der Waals surface area contributed by atoms with Crippen molar-refractivity contribution >= 4 is 5.91 Å². The van der Waals surface area contributed by atoms with Crippen molar-refractivity contribution < 1.29 is 4.79 Å². The number of hydrogen-bond acceptors (Lipinski definition) is 2. The maximum absolute atomic E-state index is 11.9. The van der Waals surface area contributed by atoms with E-state index in [9.17, 15) is 4.79 Å². The van der Waals surface area contributed by atoms with E-state index in [1.165, 1.54) is 25.7 Å². The topological polar surface area (TPSA) is 32.3 Å². The molecule has 1 atom stereocenters. The minimum Gasteiger partial charge on any atom is -0.326 e. The van der Waals surface area contributed by atoms with E-state index in [4.69, 9.17) is 0 Å². The highest BCUT2D eigenvalue weighted by atomic mass is 16.2. The van der Waals surface area contributed by atoms with Crippen molar-refractivity contribution in [1.82, 2.24) is 10.2 Å². The first-order chi connectivity index (χ1) is 7.64. The van der Waals surface area contributed by atoms with E-state index in [-0.39, 0.29) is 0 Å². The van der Waals surface area contributed by atoms with Crippen LogP contribution in [0.25, 0.3) is 0 Å². The third kappa shape index (κ3) is 2.40. The van der Waals surface area contributed by atoms with Gasteiger partial charge in [0.2, 0.25) is 5.91 Å². The molecule has 0 aromatic heterocycles. The third-order valence-electron chi connectivity index (χ3n) is 4.11. The van der Waals surface area contributed by atoms with Gasteiger partial charge in [-0.15, -0.1) is 0 Å². The highest BCUT2D eigenvalue weighted by Crippen LogP contribution is 2.38. The Bertz CT molecular complexity index is 259. The van der Waals surface area contributed by atoms with Gasteiger partial charge in [0.15, 0.2) is 0 Å². The fraction of sp³-hybridized carbons (Fsp3) is 0.923. The highest BCUT2D eigenvalue weighted by Gasteiger charge is 2.37. The van der Waals surface area contributed by atoms with Gasteiger partial charge >= 0.3 is 0 Å². The molecule has 0 aromatic carbocycles. The summed E-state index contributed by atoms with van der Waals surface area (Å²) < 4.78 is 0. The molecule has 1 unspecified atom stereocenters. The fourth-order valence-electron chi connectivity index (χ4n) is 3.12. The third-order valence-corrected chi connectivity index (χ3v) is 4.11. The van der Waals surface area contributed by atoms with Crippen LogP contribution in [0, 0.1) is 5.41 Å². The first-order valence-electron chi connectivity index (χ1n) is 6.67. The minimum atomic E-state index is 0.298. The number of nitrogens with one attached hydrogen (secondary N) is 1. The normalized spacial score (nSPS) is 29.0. The Hall–Kier alpha value is -0.570. The number of amides is 1. The molecule has 1 heterocycles. The highest BCUT2D eigenvalue weighted by molar-refractivity contribution is 5.80. The number of carbonyl (C=O) groups is 1. The monoisotopic (exact) mass is 224 g/mol. The van der Waals surface area contributed by atoms with Crippen molar-refractivity contribution in [3.8, 4) is 0 Å². The second kappa shape index (κ2) is 4.74. The smallest absolute Gasteiger partial charge is 0.237 e. The summed E-state index contributed by atoms with van der Waals surface area (Å²) in [6.07, 6.45) is 7.77. The Morgan fingerprint density at radius 1 is 1.44 bits per heavy atom. The summed E-state index contributed by atoms with van der Waals surface area (Å²) in [4.78, 5) is 13.9. The lowest BCUT2D eigenvalue weighted by Crippen LogP contribution is -2.43. The van der Waals surface area contributed by atoms with E-state index < -0.39 is 0 Å². The molecule has 16 heavy (non-hydrogen) atoms. The SMILES string of the molecule is CCCC1NCC(=O)N1CC1(C)CCCC1. The van der Waals surface area contributed by atoms with E-state index in [0.717, 1.165) is 19.4 Å². The van der Waals surface area contributed by atoms with Gasteiger partial charge in [-0.3, -0.25) is 10.1 Å². The minimum absolute atomic E-state index is 0.298. The Balaban J connectivity index is 1.97. The Morgan fingerprint density at radius 3 is 2.75 bits per heavy atom. The molecule has 2 aliphatic rings. The van der Waals surface area contributed by atoms with Crippen molar-refractivity contribution in [2.75, 3.05) is 13.1 Å². The summed E-state index contributed by atoms with van der Waals surface area (Å²) in [6.45, 7) is 6.03. The molecule has 2 fully saturated rings. The molecule has 1 amide bonds. The average Bonchev–Trinajstić information content (AvgIpc) is 2.80. The standard InChI is InChI=1S/C13H24N2O/c1-3-6-11-14-9-12(16)15(11)10-13(2)7-4-5-8-13/h11,14H,3-10H2,1-2H3. The second-order valence-corrected chi connectivity index (χ2v) is 5.72. The zero-order valence-corrected chi connectivity index (χ0v) is 10.6. The van der Waals surface area contributed by atoms with Gasteiger partial charge in [-0.05, 0) is 24.7 Å². The van der Waals surface area contributed by atoms with Crippen LogP contribution in [0.15, 0.2) is 0 Å². The molecule has 1 saturated heterocycles. The summed E-state index contributed by atoms with van der Waals surface area (Å²) in [7, 11) is 0. The number of rotatable bonds is 4. The van der Waals surface area contributed by atoms with Crippen LogP contribution in [-0.4, -0.2) is 30.1 Å². The Labute approximate surface area is 98.6 Å². The van der Waals surface area contributed by atoms with Crippen molar-refractivity contribution in [3.63, 3.8) is 0 Å². The van der Waals surface area contributed by atoms with E-state index >= 15 is 0 Å². The Kier molecular flexibility index (Phi) is 3.53. The zero-order chi connectivity index (χ0) is 11.6. The van der Waals surface area contributed by atoms with Crippen LogP contribution in [0.3, 0.4) is 0 Å². The maximum atomic E-state index is 11.9. The second-order valence-electron chi connectivity index (χ2n) is 5.72. The molecule has 0 radical (unpaired) electrons. The van der Waals surface area contributed by atoms with Crippen molar-refractivity contribution in [3.05, 3.63) is 0 Å². The lowest BCUT2D eigenvalue weighted by Gasteiger charge is -2.33. The van der Waals surface area contributed by atoms with Crippen LogP contribution in [0.2, 0.25) is 0 Å². The lowest BCUT2D eigenvalue weighted by atomic mass is 9.88. The summed E-state index contributed by atoms with van der Waals surface area (Å²) in [5.74, 6) is 0.298. The number of hydrogen-bond donors (Lipinski definition) is 1. The molecule has 92 valence electrons. The van der Waals surface area contributed by atoms with Crippen LogP contribution in [0.5, 0.6) is 0 Å². The first-order valence-corrected chi connectivity index (χ1v) is 6.67. The molecule has 2 rings (SSSR count). The molecular formula is C13H24N2O. The maximum Gasteiger partial charge on any atom is 0.237 e. The van der Waals surface area contributed by atoms with Gasteiger partial charge in [0, 0.05) is 6.54 Å². The number of carbonyl (C=O) groups excluding carboxylic acids is 1. The zero-order valence-electron chi connectivity index (χ0n) is 10.6. The Morgan fingerprint density at radius 2 is 2.12 bits per heavy atom.